The van der Waals surface area contributed by atoms with Gasteiger partial charge in [0.25, 0.3) is 0 Å². The van der Waals surface area contributed by atoms with Crippen molar-refractivity contribution in [1.29, 1.82) is 0 Å². The van der Waals surface area contributed by atoms with E-state index in [9.17, 15) is 0 Å². The lowest BCUT2D eigenvalue weighted by Gasteiger charge is -2.07. The molecule has 0 atom stereocenters. The zero-order chi connectivity index (χ0) is 10.4. The second-order valence-electron chi connectivity index (χ2n) is 3.38. The summed E-state index contributed by atoms with van der Waals surface area (Å²) < 4.78 is 0. The second-order valence-corrected chi connectivity index (χ2v) is 4.54. The van der Waals surface area contributed by atoms with Gasteiger partial charge in [0.2, 0.25) is 0 Å². The smallest absolute Gasteiger partial charge is 0.123 e. The molecule has 14 heavy (non-hydrogen) atoms. The van der Waals surface area contributed by atoms with Crippen molar-refractivity contribution in [1.82, 2.24) is 10.3 Å². The zero-order valence-electron chi connectivity index (χ0n) is 8.66. The molecule has 0 unspecified atom stereocenters. The predicted octanol–water partition coefficient (Wildman–Crippen LogP) is 1.75. The van der Waals surface area contributed by atoms with E-state index in [0.717, 1.165) is 12.3 Å². The van der Waals surface area contributed by atoms with Gasteiger partial charge in [0.15, 0.2) is 0 Å². The van der Waals surface area contributed by atoms with E-state index in [4.69, 9.17) is 5.73 Å². The molecule has 1 aromatic rings. The first-order chi connectivity index (χ1) is 6.68. The molecule has 0 amide bonds. The first-order valence-corrected chi connectivity index (χ1v) is 5.75. The molecule has 0 fully saturated rings. The third kappa shape index (κ3) is 4.48. The van der Waals surface area contributed by atoms with Crippen LogP contribution in [0.15, 0.2) is 23.2 Å². The van der Waals surface area contributed by atoms with E-state index in [1.165, 1.54) is 4.90 Å². The fraction of sp³-hybridized carbons (Fsp3) is 0.500. The fourth-order valence-electron chi connectivity index (χ4n) is 0.994. The Bertz CT molecular complexity index is 259. The van der Waals surface area contributed by atoms with Gasteiger partial charge < -0.3 is 11.1 Å². The number of nitrogens with one attached hydrogen (secondary N) is 1. The molecular formula is C10H17N3S. The van der Waals surface area contributed by atoms with Crippen molar-refractivity contribution in [2.24, 2.45) is 0 Å². The summed E-state index contributed by atoms with van der Waals surface area (Å²) in [5, 5.41) is 3.36. The molecule has 0 aromatic carbocycles. The van der Waals surface area contributed by atoms with E-state index in [1.807, 2.05) is 18.3 Å². The van der Waals surface area contributed by atoms with Gasteiger partial charge in [0.1, 0.15) is 5.82 Å². The largest absolute Gasteiger partial charge is 0.384 e. The normalized spacial score (nSPS) is 10.8. The van der Waals surface area contributed by atoms with Crippen molar-refractivity contribution in [3.8, 4) is 0 Å². The molecule has 0 spiro atoms. The van der Waals surface area contributed by atoms with Gasteiger partial charge >= 0.3 is 0 Å². The summed E-state index contributed by atoms with van der Waals surface area (Å²) in [5.41, 5.74) is 5.49. The zero-order valence-corrected chi connectivity index (χ0v) is 9.47. The Morgan fingerprint density at radius 1 is 1.50 bits per heavy atom. The quantitative estimate of drug-likeness (QED) is 0.575. The summed E-state index contributed by atoms with van der Waals surface area (Å²) >= 11 is 1.79. The van der Waals surface area contributed by atoms with Crippen molar-refractivity contribution >= 4 is 17.6 Å². The molecule has 4 heteroatoms. The highest BCUT2D eigenvalue weighted by Gasteiger charge is 1.95. The van der Waals surface area contributed by atoms with Crippen molar-refractivity contribution in [3.63, 3.8) is 0 Å². The molecule has 3 nitrogen and oxygen atoms in total. The highest BCUT2D eigenvalue weighted by atomic mass is 32.2. The van der Waals surface area contributed by atoms with Gasteiger partial charge in [0, 0.05) is 29.4 Å². The number of aromatic nitrogens is 1. The fourth-order valence-corrected chi connectivity index (χ4v) is 1.74. The molecule has 0 aliphatic carbocycles. The number of rotatable bonds is 5. The van der Waals surface area contributed by atoms with Crippen molar-refractivity contribution in [2.45, 2.75) is 24.8 Å². The maximum absolute atomic E-state index is 5.49. The number of anilines is 1. The molecule has 0 saturated heterocycles. The third-order valence-corrected chi connectivity index (χ3v) is 2.67. The Balaban J connectivity index is 2.21. The monoisotopic (exact) mass is 211 g/mol. The number of nitrogens with two attached hydrogens (primary N) is 1. The molecule has 0 bridgehead atoms. The Hall–Kier alpha value is -0.740. The van der Waals surface area contributed by atoms with Crippen LogP contribution in [0.3, 0.4) is 0 Å². The standard InChI is InChI=1S/C10H17N3S/c1-8(2)12-5-6-14-9-3-4-10(11)13-7-9/h3-4,7-8,12H,5-6H2,1-2H3,(H2,11,13). The summed E-state index contributed by atoms with van der Waals surface area (Å²) in [4.78, 5) is 5.20. The number of pyridine rings is 1. The maximum Gasteiger partial charge on any atom is 0.123 e. The highest BCUT2D eigenvalue weighted by molar-refractivity contribution is 7.99. The molecular weight excluding hydrogens is 194 g/mol. The second kappa shape index (κ2) is 5.88. The molecule has 0 aliphatic rings. The number of nitrogens with zero attached hydrogens (tertiary/aromatic N) is 1. The third-order valence-electron chi connectivity index (χ3n) is 1.68. The minimum atomic E-state index is 0.556. The van der Waals surface area contributed by atoms with Crippen molar-refractivity contribution in [3.05, 3.63) is 18.3 Å². The average molecular weight is 211 g/mol. The Morgan fingerprint density at radius 3 is 2.86 bits per heavy atom. The van der Waals surface area contributed by atoms with Crippen LogP contribution in [0, 0.1) is 0 Å². The van der Waals surface area contributed by atoms with E-state index in [2.05, 4.69) is 24.1 Å². The van der Waals surface area contributed by atoms with Crippen LogP contribution in [-0.2, 0) is 0 Å². The Kier molecular flexibility index (Phi) is 4.76. The van der Waals surface area contributed by atoms with E-state index in [0.29, 0.717) is 11.9 Å². The lowest BCUT2D eigenvalue weighted by molar-refractivity contribution is 0.616. The van der Waals surface area contributed by atoms with Gasteiger partial charge in [-0.1, -0.05) is 13.8 Å². The SMILES string of the molecule is CC(C)NCCSc1ccc(N)nc1. The predicted molar refractivity (Wildman–Crippen MR) is 62.5 cm³/mol. The van der Waals surface area contributed by atoms with Crippen LogP contribution in [0.25, 0.3) is 0 Å². The number of hydrogen-bond donors (Lipinski definition) is 2. The first-order valence-electron chi connectivity index (χ1n) is 4.76. The summed E-state index contributed by atoms with van der Waals surface area (Å²) in [6.07, 6.45) is 1.81. The molecule has 1 rings (SSSR count). The van der Waals surface area contributed by atoms with Crippen molar-refractivity contribution < 1.29 is 0 Å². The number of nitrogen functional groups attached to an aromatic ring is 1. The van der Waals surface area contributed by atoms with E-state index >= 15 is 0 Å². The Labute approximate surface area is 89.5 Å². The average Bonchev–Trinajstić information content (AvgIpc) is 2.15. The van der Waals surface area contributed by atoms with Crippen molar-refractivity contribution in [2.75, 3.05) is 18.0 Å². The van der Waals surface area contributed by atoms with Crippen LogP contribution in [0.1, 0.15) is 13.8 Å². The maximum atomic E-state index is 5.49. The van der Waals surface area contributed by atoms with Gasteiger partial charge in [-0.2, -0.15) is 0 Å². The summed E-state index contributed by atoms with van der Waals surface area (Å²) in [5.74, 6) is 1.64. The minimum Gasteiger partial charge on any atom is -0.384 e. The van der Waals surface area contributed by atoms with Crippen LogP contribution < -0.4 is 11.1 Å². The topological polar surface area (TPSA) is 50.9 Å². The van der Waals surface area contributed by atoms with Gasteiger partial charge in [-0.05, 0) is 12.1 Å². The molecule has 1 aromatic heterocycles. The number of thioether (sulfide) groups is 1. The first kappa shape index (κ1) is 11.3. The highest BCUT2D eigenvalue weighted by Crippen LogP contribution is 2.16. The van der Waals surface area contributed by atoms with Crippen LogP contribution in [0.5, 0.6) is 0 Å². The molecule has 0 radical (unpaired) electrons. The number of hydrogen-bond acceptors (Lipinski definition) is 4. The van der Waals surface area contributed by atoms with Gasteiger partial charge in [-0.25, -0.2) is 4.98 Å². The van der Waals surface area contributed by atoms with Gasteiger partial charge in [-0.15, -0.1) is 11.8 Å². The Morgan fingerprint density at radius 2 is 2.29 bits per heavy atom. The molecule has 78 valence electrons. The van der Waals surface area contributed by atoms with Crippen LogP contribution in [0.4, 0.5) is 5.82 Å². The summed E-state index contributed by atoms with van der Waals surface area (Å²) in [6, 6.07) is 4.39. The van der Waals surface area contributed by atoms with E-state index < -0.39 is 0 Å². The van der Waals surface area contributed by atoms with Gasteiger partial charge in [-0.3, -0.25) is 0 Å². The molecule has 1 heterocycles. The van der Waals surface area contributed by atoms with Crippen LogP contribution in [0.2, 0.25) is 0 Å². The molecule has 0 aliphatic heterocycles. The summed E-state index contributed by atoms with van der Waals surface area (Å²) in [7, 11) is 0. The van der Waals surface area contributed by atoms with E-state index in [-0.39, 0.29) is 0 Å². The summed E-state index contributed by atoms with van der Waals surface area (Å²) in [6.45, 7) is 5.32. The minimum absolute atomic E-state index is 0.556. The van der Waals surface area contributed by atoms with Crippen LogP contribution in [-0.4, -0.2) is 23.3 Å². The lowest BCUT2D eigenvalue weighted by atomic mass is 10.4. The van der Waals surface area contributed by atoms with Gasteiger partial charge in [0.05, 0.1) is 0 Å². The molecule has 0 saturated carbocycles. The van der Waals surface area contributed by atoms with Crippen LogP contribution >= 0.6 is 11.8 Å². The van der Waals surface area contributed by atoms with E-state index in [1.54, 1.807) is 11.8 Å². The molecule has 3 N–H and O–H groups in total. The lowest BCUT2D eigenvalue weighted by Crippen LogP contribution is -2.24.